The molecule has 3 heterocycles. The van der Waals surface area contributed by atoms with Gasteiger partial charge >= 0.3 is 0 Å². The van der Waals surface area contributed by atoms with E-state index in [4.69, 9.17) is 0 Å². The molecular formula is C105H62BN3. The molecule has 0 radical (unpaired) electrons. The predicted molar refractivity (Wildman–Crippen MR) is 449 cm³/mol. The zero-order chi connectivity index (χ0) is 70.7. The molecule has 500 valence electrons. The molecule has 0 atom stereocenters. The van der Waals surface area contributed by atoms with E-state index in [1.165, 1.54) is 177 Å². The minimum absolute atomic E-state index is 0.282. The van der Waals surface area contributed by atoms with Gasteiger partial charge in [-0.1, -0.05) is 328 Å². The van der Waals surface area contributed by atoms with Crippen molar-refractivity contribution in [2.45, 2.75) is 16.2 Å². The van der Waals surface area contributed by atoms with Crippen molar-refractivity contribution in [3.8, 4) is 83.6 Å². The van der Waals surface area contributed by atoms with E-state index in [-0.39, 0.29) is 6.71 Å². The topological polar surface area (TPSA) is 11.4 Å². The van der Waals surface area contributed by atoms with Crippen molar-refractivity contribution < 1.29 is 0 Å². The molecule has 18 aromatic rings. The third-order valence-electron chi connectivity index (χ3n) is 26.6. The van der Waals surface area contributed by atoms with Gasteiger partial charge in [0.1, 0.15) is 0 Å². The number of benzene rings is 17. The van der Waals surface area contributed by atoms with Gasteiger partial charge in [0, 0.05) is 44.6 Å². The highest BCUT2D eigenvalue weighted by Crippen LogP contribution is 2.69. The van der Waals surface area contributed by atoms with Gasteiger partial charge < -0.3 is 14.4 Å². The van der Waals surface area contributed by atoms with Crippen LogP contribution < -0.4 is 26.2 Å². The van der Waals surface area contributed by atoms with Crippen molar-refractivity contribution >= 4 is 79.0 Å². The second kappa shape index (κ2) is 20.8. The average molecular weight is 1380 g/mol. The first-order chi connectivity index (χ1) is 54.1. The summed E-state index contributed by atoms with van der Waals surface area (Å²) in [4.78, 5) is 5.56. The maximum atomic E-state index is 2.80. The second-order valence-corrected chi connectivity index (χ2v) is 31.0. The summed E-state index contributed by atoms with van der Waals surface area (Å²) in [6, 6.07) is 146. The molecule has 2 aliphatic heterocycles. The highest BCUT2D eigenvalue weighted by Gasteiger charge is 2.58. The highest BCUT2D eigenvalue weighted by molar-refractivity contribution is 7.00. The fraction of sp³-hybridized carbons (Fsp3) is 0.0286. The first kappa shape index (κ1) is 58.5. The Morgan fingerprint density at radius 2 is 0.587 bits per heavy atom. The summed E-state index contributed by atoms with van der Waals surface area (Å²) in [5.74, 6) is 0. The largest absolute Gasteiger partial charge is 0.311 e. The Balaban J connectivity index is 0.855. The Labute approximate surface area is 631 Å². The Morgan fingerprint density at radius 1 is 0.211 bits per heavy atom. The average Bonchev–Trinajstić information content (AvgIpc) is 1.55. The molecule has 0 amide bonds. The van der Waals surface area contributed by atoms with Crippen LogP contribution in [0.4, 0.5) is 34.1 Å². The van der Waals surface area contributed by atoms with Crippen molar-refractivity contribution in [2.24, 2.45) is 0 Å². The number of aromatic nitrogens is 1. The summed E-state index contributed by atoms with van der Waals surface area (Å²) in [6.07, 6.45) is 0. The molecule has 8 aliphatic rings. The summed E-state index contributed by atoms with van der Waals surface area (Å²) < 4.78 is 2.58. The molecule has 0 N–H and O–H groups in total. The quantitative estimate of drug-likeness (QED) is 0.163. The van der Waals surface area contributed by atoms with Gasteiger partial charge in [-0.2, -0.15) is 0 Å². The van der Waals surface area contributed by atoms with E-state index >= 15 is 0 Å². The van der Waals surface area contributed by atoms with Crippen LogP contribution >= 0.6 is 0 Å². The van der Waals surface area contributed by atoms with Crippen LogP contribution in [0.2, 0.25) is 0 Å². The highest BCUT2D eigenvalue weighted by atomic mass is 15.2. The van der Waals surface area contributed by atoms with Crippen LogP contribution in [-0.2, 0) is 16.2 Å². The number of anilines is 6. The Morgan fingerprint density at radius 3 is 1.11 bits per heavy atom. The zero-order valence-corrected chi connectivity index (χ0v) is 59.2. The van der Waals surface area contributed by atoms with Gasteiger partial charge in [-0.05, 0) is 198 Å². The van der Waals surface area contributed by atoms with E-state index in [1.807, 2.05) is 0 Å². The van der Waals surface area contributed by atoms with Gasteiger partial charge in [-0.3, -0.25) is 0 Å². The molecule has 0 bridgehead atoms. The van der Waals surface area contributed by atoms with Gasteiger partial charge in [-0.25, -0.2) is 0 Å². The van der Waals surface area contributed by atoms with E-state index in [1.54, 1.807) is 0 Å². The standard InChI is InChI=1S/C105H62BN3/c1-2-28-63(29-3-1)64-56-57-94-90(58-64)106-91-61-78-73-37-11-19-46-83(73)104(81-44-17-6-32-68(81)69-33-7-18-45-82(69)104)89(78)62-97(91)109(95-54-27-51-88-100(95)77-40-12-23-50-87(77)103(88)79-42-15-4-30-66(79)67-31-5-16-43-80(67)103)99-60-65(107-92-52-24-13-38-74(92)75-39-14-25-53-93(75)107)59-98(102(99)106)108(94)96-55-26-41-76-72-36-10-22-49-86(72)105(101(76)96)84-47-20-8-34-70(84)71-35-9-21-48-85(71)105/h1-62H. The number of nitrogens with zero attached hydrogens (tertiary/aromatic N) is 3. The maximum Gasteiger partial charge on any atom is 0.252 e. The summed E-state index contributed by atoms with van der Waals surface area (Å²) in [6.45, 7) is -0.282. The van der Waals surface area contributed by atoms with Crippen molar-refractivity contribution in [1.29, 1.82) is 0 Å². The SMILES string of the molecule is c1ccc(-c2ccc3c(c2)B2c4cc5c(cc4N(c4cccc6c4-c4ccccc4C64c6ccccc6-c6ccccc64)c4cc(-n6c7ccccc7c7ccccc76)cc(c42)N3c2cccc3c2C2(c4ccccc4-c4ccccc42)c2ccccc2-3)C2(c3ccccc3-c3ccccc32)c2ccccc2-5)cc1. The first-order valence-corrected chi connectivity index (χ1v) is 38.4. The molecular weight excluding hydrogens is 1310 g/mol. The van der Waals surface area contributed by atoms with Gasteiger partial charge in [0.15, 0.2) is 0 Å². The lowest BCUT2D eigenvalue weighted by atomic mass is 9.33. The molecule has 109 heavy (non-hydrogen) atoms. The fourth-order valence-electron chi connectivity index (χ4n) is 22.9. The summed E-state index contributed by atoms with van der Waals surface area (Å²) in [5, 5.41) is 2.44. The molecule has 1 aromatic heterocycles. The molecule has 0 fully saturated rings. The minimum atomic E-state index is -0.674. The van der Waals surface area contributed by atoms with Crippen LogP contribution in [0.15, 0.2) is 376 Å². The molecule has 26 rings (SSSR count). The first-order valence-electron chi connectivity index (χ1n) is 38.4. The molecule has 0 unspecified atom stereocenters. The van der Waals surface area contributed by atoms with E-state index in [2.05, 4.69) is 390 Å². The van der Waals surface area contributed by atoms with Crippen molar-refractivity contribution in [3.05, 3.63) is 443 Å². The monoisotopic (exact) mass is 1380 g/mol. The number of hydrogen-bond acceptors (Lipinski definition) is 2. The number of fused-ring (bicyclic) bond motifs is 37. The molecule has 0 saturated carbocycles. The Hall–Kier alpha value is -13.8. The van der Waals surface area contributed by atoms with Crippen LogP contribution in [0.3, 0.4) is 0 Å². The Kier molecular flexibility index (Phi) is 11.2. The van der Waals surface area contributed by atoms with Crippen molar-refractivity contribution in [3.63, 3.8) is 0 Å². The fourth-order valence-corrected chi connectivity index (χ4v) is 22.9. The maximum absolute atomic E-state index is 2.80. The van der Waals surface area contributed by atoms with Gasteiger partial charge in [0.2, 0.25) is 0 Å². The lowest BCUT2D eigenvalue weighted by Crippen LogP contribution is -2.61. The molecule has 0 saturated heterocycles. The van der Waals surface area contributed by atoms with Crippen LogP contribution in [0.25, 0.3) is 105 Å². The predicted octanol–water partition coefficient (Wildman–Crippen LogP) is 23.6. The van der Waals surface area contributed by atoms with E-state index < -0.39 is 16.2 Å². The second-order valence-electron chi connectivity index (χ2n) is 31.0. The number of hydrogen-bond donors (Lipinski definition) is 0. The van der Waals surface area contributed by atoms with Gasteiger partial charge in [0.05, 0.1) is 44.3 Å². The van der Waals surface area contributed by atoms with Crippen LogP contribution in [0.5, 0.6) is 0 Å². The molecule has 6 aliphatic carbocycles. The third kappa shape index (κ3) is 6.92. The van der Waals surface area contributed by atoms with Crippen molar-refractivity contribution in [1.82, 2.24) is 4.57 Å². The summed E-state index contributed by atoms with van der Waals surface area (Å²) >= 11 is 0. The summed E-state index contributed by atoms with van der Waals surface area (Å²) in [5.41, 5.74) is 45.6. The number of rotatable bonds is 4. The molecule has 3 nitrogen and oxygen atoms in total. The lowest BCUT2D eigenvalue weighted by molar-refractivity contribution is 0.793. The lowest BCUT2D eigenvalue weighted by Gasteiger charge is -2.46. The molecule has 17 aromatic carbocycles. The van der Waals surface area contributed by atoms with Crippen LogP contribution in [-0.4, -0.2) is 11.3 Å². The summed E-state index contributed by atoms with van der Waals surface area (Å²) in [7, 11) is 0. The van der Waals surface area contributed by atoms with Crippen LogP contribution in [0.1, 0.15) is 66.8 Å². The van der Waals surface area contributed by atoms with E-state index in [0.717, 1.165) is 45.2 Å². The molecule has 4 heteroatoms. The Bertz CT molecular complexity index is 6960. The van der Waals surface area contributed by atoms with Crippen LogP contribution in [0, 0.1) is 0 Å². The zero-order valence-electron chi connectivity index (χ0n) is 59.2. The third-order valence-corrected chi connectivity index (χ3v) is 26.6. The number of para-hydroxylation sites is 2. The smallest absolute Gasteiger partial charge is 0.252 e. The molecule has 3 spiro atoms. The minimum Gasteiger partial charge on any atom is -0.311 e. The van der Waals surface area contributed by atoms with Gasteiger partial charge in [0.25, 0.3) is 6.71 Å². The van der Waals surface area contributed by atoms with E-state index in [9.17, 15) is 0 Å². The van der Waals surface area contributed by atoms with Gasteiger partial charge in [-0.15, -0.1) is 0 Å². The normalized spacial score (nSPS) is 15.0. The van der Waals surface area contributed by atoms with E-state index in [0.29, 0.717) is 0 Å². The van der Waals surface area contributed by atoms with Crippen molar-refractivity contribution in [2.75, 3.05) is 9.80 Å².